The van der Waals surface area contributed by atoms with Crippen LogP contribution in [0.1, 0.15) is 104 Å². The van der Waals surface area contributed by atoms with E-state index in [2.05, 4.69) is 237 Å². The Kier molecular flexibility index (Phi) is 11.3. The summed E-state index contributed by atoms with van der Waals surface area (Å²) in [4.78, 5) is 9.48. The number of rotatable bonds is 7. The van der Waals surface area contributed by atoms with Crippen molar-refractivity contribution >= 4 is 44.6 Å². The summed E-state index contributed by atoms with van der Waals surface area (Å²) in [5.74, 6) is 2.09. The van der Waals surface area contributed by atoms with Crippen LogP contribution in [-0.2, 0) is 42.7 Å². The van der Waals surface area contributed by atoms with Crippen molar-refractivity contribution in [1.82, 2.24) is 9.55 Å². The minimum atomic E-state index is -0.201. The van der Waals surface area contributed by atoms with Crippen LogP contribution < -0.4 is 14.5 Å². The number of benzene rings is 6. The van der Waals surface area contributed by atoms with Gasteiger partial charge < -0.3 is 19.1 Å². The summed E-state index contributed by atoms with van der Waals surface area (Å²) in [6.07, 6.45) is 1.92. The van der Waals surface area contributed by atoms with Crippen LogP contribution in [0.2, 0.25) is 0 Å². The number of fused-ring (bicyclic) bond motifs is 4. The number of hydrogen-bond donors (Lipinski definition) is 0. The van der Waals surface area contributed by atoms with Gasteiger partial charge in [0.25, 0.3) is 0 Å². The van der Waals surface area contributed by atoms with Gasteiger partial charge in [-0.1, -0.05) is 148 Å². The number of ether oxygens (including phenoxy) is 1. The largest absolute Gasteiger partial charge is 0.509 e. The number of para-hydroxylation sites is 2. The van der Waals surface area contributed by atoms with Crippen LogP contribution in [0.4, 0.5) is 22.7 Å². The molecule has 8 aromatic rings. The maximum atomic E-state index is 6.88. The molecule has 2 aromatic heterocycles. The molecule has 3 heterocycles. The molecule has 0 amide bonds. The van der Waals surface area contributed by atoms with Crippen LogP contribution in [0, 0.1) is 18.8 Å². The average molecular weight is 1010 g/mol. The van der Waals surface area contributed by atoms with E-state index in [0.717, 1.165) is 55.9 Å². The molecule has 1 aliphatic heterocycles. The molecule has 0 saturated heterocycles. The summed E-state index contributed by atoms with van der Waals surface area (Å²) in [5, 5.41) is 2.24. The SMILES string of the molecule is CC(C)(C)c1cc(Oc2[c-]c3c(cc2)c2cc(C(C)(C)c4ccccc4)ccc2n3-c2cc(C(C)(C)C)ccn2)[c-]c(N2[CH-]N(c3cccc(C(C)(C)C)c3)c3ccccc32)c1.[Pt]. The van der Waals surface area contributed by atoms with Gasteiger partial charge in [0.1, 0.15) is 5.82 Å². The molecule has 0 saturated carbocycles. The van der Waals surface area contributed by atoms with Crippen molar-refractivity contribution in [3.8, 4) is 17.3 Å². The molecule has 0 aliphatic carbocycles. The maximum absolute atomic E-state index is 6.88. The number of nitrogens with zero attached hydrogens (tertiary/aromatic N) is 4. The zero-order chi connectivity index (χ0) is 43.8. The van der Waals surface area contributed by atoms with E-state index in [1.807, 2.05) is 12.3 Å². The second-order valence-corrected chi connectivity index (χ2v) is 20.4. The van der Waals surface area contributed by atoms with Crippen LogP contribution in [0.3, 0.4) is 0 Å². The molecule has 0 fully saturated rings. The van der Waals surface area contributed by atoms with E-state index >= 15 is 0 Å². The van der Waals surface area contributed by atoms with Crippen LogP contribution in [0.15, 0.2) is 140 Å². The smallest absolute Gasteiger partial charge is 0.135 e. The molecular weight excluding hydrogens is 952 g/mol. The van der Waals surface area contributed by atoms with Crippen molar-refractivity contribution in [2.24, 2.45) is 0 Å². The molecule has 0 spiro atoms. The summed E-state index contributed by atoms with van der Waals surface area (Å²) in [7, 11) is 0. The fraction of sp³-hybridized carbons (Fsp3) is 0.263. The number of pyridine rings is 1. The third kappa shape index (κ3) is 8.33. The topological polar surface area (TPSA) is 33.5 Å². The molecule has 324 valence electrons. The monoisotopic (exact) mass is 1010 g/mol. The molecule has 6 heteroatoms. The molecule has 0 N–H and O–H groups in total. The van der Waals surface area contributed by atoms with Crippen molar-refractivity contribution in [3.63, 3.8) is 0 Å². The van der Waals surface area contributed by atoms with Crippen molar-refractivity contribution in [2.45, 2.75) is 97.8 Å². The van der Waals surface area contributed by atoms with E-state index in [4.69, 9.17) is 9.72 Å². The Morgan fingerprint density at radius 1 is 0.508 bits per heavy atom. The molecule has 0 unspecified atom stereocenters. The Labute approximate surface area is 389 Å². The Morgan fingerprint density at radius 3 is 1.86 bits per heavy atom. The Balaban J connectivity index is 0.00000544. The van der Waals surface area contributed by atoms with Crippen molar-refractivity contribution in [3.05, 3.63) is 186 Å². The van der Waals surface area contributed by atoms with Gasteiger partial charge in [0.2, 0.25) is 0 Å². The minimum absolute atomic E-state index is 0. The first-order valence-electron chi connectivity index (χ1n) is 21.8. The summed E-state index contributed by atoms with van der Waals surface area (Å²) >= 11 is 0. The predicted octanol–water partition coefficient (Wildman–Crippen LogP) is 15.2. The second-order valence-electron chi connectivity index (χ2n) is 20.4. The summed E-state index contributed by atoms with van der Waals surface area (Å²) in [5.41, 5.74) is 12.0. The van der Waals surface area contributed by atoms with Gasteiger partial charge in [0.15, 0.2) is 0 Å². The molecule has 0 radical (unpaired) electrons. The molecule has 6 aromatic carbocycles. The average Bonchev–Trinajstić information content (AvgIpc) is 3.79. The normalized spacial score (nSPS) is 13.4. The number of aromatic nitrogens is 2. The Hall–Kier alpha value is -5.64. The first kappa shape index (κ1) is 44.0. The Morgan fingerprint density at radius 2 is 1.16 bits per heavy atom. The van der Waals surface area contributed by atoms with E-state index in [-0.39, 0.29) is 42.7 Å². The van der Waals surface area contributed by atoms with Gasteiger partial charge in [-0.3, -0.25) is 0 Å². The second kappa shape index (κ2) is 16.2. The summed E-state index contributed by atoms with van der Waals surface area (Å²) in [6.45, 7) is 27.0. The van der Waals surface area contributed by atoms with E-state index in [1.54, 1.807) is 0 Å². The van der Waals surface area contributed by atoms with E-state index in [9.17, 15) is 0 Å². The number of anilines is 4. The molecule has 1 aliphatic rings. The molecule has 0 atom stereocenters. The Bertz CT molecular complexity index is 2960. The molecule has 0 bridgehead atoms. The molecule has 9 rings (SSSR count). The quantitative estimate of drug-likeness (QED) is 0.149. The van der Waals surface area contributed by atoms with Gasteiger partial charge in [0, 0.05) is 66.8 Å². The molecule has 5 nitrogen and oxygen atoms in total. The van der Waals surface area contributed by atoms with Gasteiger partial charge in [0.05, 0.1) is 0 Å². The number of hydrogen-bond acceptors (Lipinski definition) is 4. The van der Waals surface area contributed by atoms with Gasteiger partial charge in [-0.05, 0) is 86.3 Å². The first-order valence-corrected chi connectivity index (χ1v) is 21.8. The van der Waals surface area contributed by atoms with E-state index in [0.29, 0.717) is 11.5 Å². The van der Waals surface area contributed by atoms with Crippen molar-refractivity contribution in [1.29, 1.82) is 0 Å². The molecular formula is C57H57N4OPt-3. The van der Waals surface area contributed by atoms with Crippen molar-refractivity contribution in [2.75, 3.05) is 9.80 Å². The van der Waals surface area contributed by atoms with Gasteiger partial charge in [-0.2, -0.15) is 6.07 Å². The summed E-state index contributed by atoms with van der Waals surface area (Å²) < 4.78 is 9.12. The third-order valence-electron chi connectivity index (χ3n) is 12.5. The van der Waals surface area contributed by atoms with Gasteiger partial charge >= 0.3 is 0 Å². The van der Waals surface area contributed by atoms with Gasteiger partial charge in [-0.15, -0.1) is 53.6 Å². The third-order valence-corrected chi connectivity index (χ3v) is 12.5. The first-order chi connectivity index (χ1) is 29.4. The van der Waals surface area contributed by atoms with Crippen LogP contribution in [0.5, 0.6) is 11.5 Å². The fourth-order valence-electron chi connectivity index (χ4n) is 8.54. The summed E-state index contributed by atoms with van der Waals surface area (Å²) in [6, 6.07) is 55.3. The zero-order valence-electron chi connectivity index (χ0n) is 38.4. The minimum Gasteiger partial charge on any atom is -0.509 e. The van der Waals surface area contributed by atoms with Gasteiger partial charge in [-0.25, -0.2) is 4.98 Å². The van der Waals surface area contributed by atoms with E-state index < -0.39 is 0 Å². The van der Waals surface area contributed by atoms with Crippen LogP contribution in [-0.4, -0.2) is 9.55 Å². The van der Waals surface area contributed by atoms with Crippen LogP contribution in [0.25, 0.3) is 27.6 Å². The fourth-order valence-corrected chi connectivity index (χ4v) is 8.54. The zero-order valence-corrected chi connectivity index (χ0v) is 40.6. The van der Waals surface area contributed by atoms with E-state index in [1.165, 1.54) is 22.3 Å². The predicted molar refractivity (Wildman–Crippen MR) is 259 cm³/mol. The van der Waals surface area contributed by atoms with Crippen LogP contribution >= 0.6 is 0 Å². The maximum Gasteiger partial charge on any atom is 0.135 e. The molecule has 63 heavy (non-hydrogen) atoms. The standard InChI is InChI=1S/C57H57N4O.Pt/c1-54(2,3)39-20-17-21-43(30-39)59-37-60(51-23-16-15-22-50(51)59)44-31-42(56(7,8)9)32-46(35-44)62-45-25-26-47-48-33-41(57(10,11)38-18-13-12-14-19-38)24-27-49(48)61(52(47)36-45)53-34-40(28-29-58-53)55(4,5)6;/h12-34,37H,1-11H3;/q-3;. The van der Waals surface area contributed by atoms with Crippen molar-refractivity contribution < 1.29 is 25.8 Å².